The van der Waals surface area contributed by atoms with Crippen LogP contribution in [-0.4, -0.2) is 22.0 Å². The molecule has 96 valence electrons. The van der Waals surface area contributed by atoms with E-state index in [-0.39, 0.29) is 0 Å². The maximum Gasteiger partial charge on any atom is 0.114 e. The number of hydrogen-bond acceptors (Lipinski definition) is 3. The van der Waals surface area contributed by atoms with Gasteiger partial charge in [0.15, 0.2) is 0 Å². The zero-order valence-corrected chi connectivity index (χ0v) is 11.1. The van der Waals surface area contributed by atoms with E-state index in [4.69, 9.17) is 0 Å². The highest BCUT2D eigenvalue weighted by Crippen LogP contribution is 2.16. The van der Waals surface area contributed by atoms with Crippen LogP contribution in [0.5, 0.6) is 0 Å². The van der Waals surface area contributed by atoms with Gasteiger partial charge in [0.2, 0.25) is 0 Å². The van der Waals surface area contributed by atoms with Crippen molar-refractivity contribution in [3.05, 3.63) is 54.1 Å². The third kappa shape index (κ3) is 2.29. The first kappa shape index (κ1) is 11.7. The van der Waals surface area contributed by atoms with E-state index in [1.807, 2.05) is 28.9 Å². The SMILES string of the molecule is Cc1cccc(N(C)Cn2nnc3ccccc32)c1. The lowest BCUT2D eigenvalue weighted by Gasteiger charge is -2.19. The van der Waals surface area contributed by atoms with Gasteiger partial charge in [-0.05, 0) is 36.8 Å². The fourth-order valence-corrected chi connectivity index (χ4v) is 2.17. The first-order chi connectivity index (χ1) is 9.24. The van der Waals surface area contributed by atoms with Crippen LogP contribution < -0.4 is 4.90 Å². The van der Waals surface area contributed by atoms with Crippen molar-refractivity contribution in [2.24, 2.45) is 0 Å². The molecule has 4 nitrogen and oxygen atoms in total. The van der Waals surface area contributed by atoms with Crippen LogP contribution in [0, 0.1) is 6.92 Å². The van der Waals surface area contributed by atoms with Gasteiger partial charge in [-0.1, -0.05) is 29.5 Å². The Bertz CT molecular complexity index is 702. The molecule has 0 unspecified atom stereocenters. The van der Waals surface area contributed by atoms with Gasteiger partial charge in [0.25, 0.3) is 0 Å². The van der Waals surface area contributed by atoms with Gasteiger partial charge in [-0.3, -0.25) is 0 Å². The Morgan fingerprint density at radius 1 is 1.11 bits per heavy atom. The van der Waals surface area contributed by atoms with Crippen LogP contribution >= 0.6 is 0 Å². The topological polar surface area (TPSA) is 34.0 Å². The van der Waals surface area contributed by atoms with E-state index >= 15 is 0 Å². The quantitative estimate of drug-likeness (QED) is 0.718. The van der Waals surface area contributed by atoms with Crippen LogP contribution in [0.4, 0.5) is 5.69 Å². The number of anilines is 1. The van der Waals surface area contributed by atoms with Gasteiger partial charge in [-0.2, -0.15) is 0 Å². The van der Waals surface area contributed by atoms with E-state index in [1.54, 1.807) is 0 Å². The lowest BCUT2D eigenvalue weighted by Crippen LogP contribution is -2.22. The highest BCUT2D eigenvalue weighted by atomic mass is 15.5. The molecule has 0 saturated carbocycles. The molecule has 0 amide bonds. The lowest BCUT2D eigenvalue weighted by molar-refractivity contribution is 0.600. The molecule has 0 aliphatic rings. The average molecular weight is 252 g/mol. The Balaban J connectivity index is 1.89. The summed E-state index contributed by atoms with van der Waals surface area (Å²) >= 11 is 0. The van der Waals surface area contributed by atoms with Gasteiger partial charge in [-0.25, -0.2) is 4.68 Å². The number of aryl methyl sites for hydroxylation is 1. The minimum Gasteiger partial charge on any atom is -0.355 e. The Morgan fingerprint density at radius 3 is 2.79 bits per heavy atom. The molecule has 3 rings (SSSR count). The standard InChI is InChI=1S/C15H16N4/c1-12-6-5-7-13(10-12)18(2)11-19-15-9-4-3-8-14(15)16-17-19/h3-10H,11H2,1-2H3. The highest BCUT2D eigenvalue weighted by Gasteiger charge is 2.06. The maximum atomic E-state index is 4.21. The van der Waals surface area contributed by atoms with Crippen molar-refractivity contribution in [2.75, 3.05) is 11.9 Å². The van der Waals surface area contributed by atoms with E-state index in [2.05, 4.69) is 53.4 Å². The molecule has 3 aromatic rings. The van der Waals surface area contributed by atoms with E-state index in [9.17, 15) is 0 Å². The summed E-state index contributed by atoms with van der Waals surface area (Å²) in [7, 11) is 2.06. The largest absolute Gasteiger partial charge is 0.355 e. The number of fused-ring (bicyclic) bond motifs is 1. The average Bonchev–Trinajstić information content (AvgIpc) is 2.82. The van der Waals surface area contributed by atoms with Gasteiger partial charge in [0.05, 0.1) is 5.52 Å². The van der Waals surface area contributed by atoms with Gasteiger partial charge in [-0.15, -0.1) is 5.10 Å². The first-order valence-corrected chi connectivity index (χ1v) is 6.30. The summed E-state index contributed by atoms with van der Waals surface area (Å²) in [5.74, 6) is 0. The molecule has 0 radical (unpaired) electrons. The summed E-state index contributed by atoms with van der Waals surface area (Å²) in [4.78, 5) is 2.16. The summed E-state index contributed by atoms with van der Waals surface area (Å²) in [6.45, 7) is 2.78. The zero-order valence-electron chi connectivity index (χ0n) is 11.1. The minimum absolute atomic E-state index is 0.684. The van der Waals surface area contributed by atoms with Crippen LogP contribution in [0.25, 0.3) is 11.0 Å². The Hall–Kier alpha value is -2.36. The number of hydrogen-bond donors (Lipinski definition) is 0. The number of aromatic nitrogens is 3. The van der Waals surface area contributed by atoms with Crippen LogP contribution in [-0.2, 0) is 6.67 Å². The lowest BCUT2D eigenvalue weighted by atomic mass is 10.2. The normalized spacial score (nSPS) is 10.8. The first-order valence-electron chi connectivity index (χ1n) is 6.30. The van der Waals surface area contributed by atoms with Gasteiger partial charge in [0, 0.05) is 12.7 Å². The molecule has 0 saturated heterocycles. The van der Waals surface area contributed by atoms with Crippen molar-refractivity contribution in [3.63, 3.8) is 0 Å². The molecule has 0 N–H and O–H groups in total. The zero-order chi connectivity index (χ0) is 13.2. The predicted molar refractivity (Wildman–Crippen MR) is 77.1 cm³/mol. The van der Waals surface area contributed by atoms with E-state index in [0.29, 0.717) is 6.67 Å². The van der Waals surface area contributed by atoms with Gasteiger partial charge in [0.1, 0.15) is 12.2 Å². The molecule has 0 aliphatic carbocycles. The Labute approximate surface area is 112 Å². The van der Waals surface area contributed by atoms with Crippen molar-refractivity contribution >= 4 is 16.7 Å². The fourth-order valence-electron chi connectivity index (χ4n) is 2.17. The van der Waals surface area contributed by atoms with Crippen molar-refractivity contribution in [1.29, 1.82) is 0 Å². The fraction of sp³-hybridized carbons (Fsp3) is 0.200. The molecular weight excluding hydrogens is 236 g/mol. The summed E-state index contributed by atoms with van der Waals surface area (Å²) < 4.78 is 1.91. The second-order valence-corrected chi connectivity index (χ2v) is 4.76. The number of benzene rings is 2. The molecule has 0 bridgehead atoms. The smallest absolute Gasteiger partial charge is 0.114 e. The van der Waals surface area contributed by atoms with E-state index in [1.165, 1.54) is 11.3 Å². The molecule has 1 heterocycles. The summed E-state index contributed by atoms with van der Waals surface area (Å²) in [5, 5.41) is 8.38. The molecule has 0 atom stereocenters. The third-order valence-corrected chi connectivity index (χ3v) is 3.21. The molecule has 19 heavy (non-hydrogen) atoms. The molecular formula is C15H16N4. The summed E-state index contributed by atoms with van der Waals surface area (Å²) in [6.07, 6.45) is 0. The predicted octanol–water partition coefficient (Wildman–Crippen LogP) is 2.83. The molecule has 0 aliphatic heterocycles. The van der Waals surface area contributed by atoms with Crippen molar-refractivity contribution in [2.45, 2.75) is 13.6 Å². The second kappa shape index (κ2) is 4.72. The summed E-state index contributed by atoms with van der Waals surface area (Å²) in [5.41, 5.74) is 4.43. The Morgan fingerprint density at radius 2 is 1.95 bits per heavy atom. The van der Waals surface area contributed by atoms with Crippen molar-refractivity contribution in [1.82, 2.24) is 15.0 Å². The van der Waals surface area contributed by atoms with Gasteiger partial charge < -0.3 is 4.90 Å². The van der Waals surface area contributed by atoms with Crippen LogP contribution in [0.15, 0.2) is 48.5 Å². The molecule has 0 spiro atoms. The minimum atomic E-state index is 0.684. The van der Waals surface area contributed by atoms with Gasteiger partial charge >= 0.3 is 0 Å². The monoisotopic (exact) mass is 252 g/mol. The number of rotatable bonds is 3. The molecule has 2 aromatic carbocycles. The third-order valence-electron chi connectivity index (χ3n) is 3.21. The molecule has 4 heteroatoms. The number of nitrogens with zero attached hydrogens (tertiary/aromatic N) is 4. The van der Waals surface area contributed by atoms with Crippen molar-refractivity contribution in [3.8, 4) is 0 Å². The van der Waals surface area contributed by atoms with E-state index in [0.717, 1.165) is 11.0 Å². The van der Waals surface area contributed by atoms with Crippen molar-refractivity contribution < 1.29 is 0 Å². The second-order valence-electron chi connectivity index (χ2n) is 4.76. The van der Waals surface area contributed by atoms with E-state index < -0.39 is 0 Å². The summed E-state index contributed by atoms with van der Waals surface area (Å²) in [6, 6.07) is 16.4. The van der Waals surface area contributed by atoms with Crippen LogP contribution in [0.1, 0.15) is 5.56 Å². The Kier molecular flexibility index (Phi) is 2.91. The number of para-hydroxylation sites is 1. The van der Waals surface area contributed by atoms with Crippen LogP contribution in [0.2, 0.25) is 0 Å². The maximum absolute atomic E-state index is 4.21. The molecule has 1 aromatic heterocycles. The molecule has 0 fully saturated rings. The highest BCUT2D eigenvalue weighted by molar-refractivity contribution is 5.73. The van der Waals surface area contributed by atoms with Crippen LogP contribution in [0.3, 0.4) is 0 Å².